The molecule has 1 fully saturated rings. The van der Waals surface area contributed by atoms with Crippen molar-refractivity contribution in [1.82, 2.24) is 5.32 Å². The number of benzene rings is 1. The van der Waals surface area contributed by atoms with Crippen molar-refractivity contribution in [3.05, 3.63) is 52.2 Å². The summed E-state index contributed by atoms with van der Waals surface area (Å²) in [5, 5.41) is 5.03. The zero-order valence-electron chi connectivity index (χ0n) is 13.3. The van der Waals surface area contributed by atoms with Crippen LogP contribution in [0.3, 0.4) is 0 Å². The van der Waals surface area contributed by atoms with Gasteiger partial charge in [0.05, 0.1) is 6.10 Å². The van der Waals surface area contributed by atoms with Gasteiger partial charge in [-0.15, -0.1) is 11.3 Å². The fraction of sp³-hybridized carbons (Fsp3) is 0.389. The Kier molecular flexibility index (Phi) is 5.31. The van der Waals surface area contributed by atoms with Crippen molar-refractivity contribution in [3.8, 4) is 0 Å². The highest BCUT2D eigenvalue weighted by Crippen LogP contribution is 2.22. The van der Waals surface area contributed by atoms with Crippen LogP contribution in [0.1, 0.15) is 21.7 Å². The van der Waals surface area contributed by atoms with Crippen molar-refractivity contribution >= 4 is 22.9 Å². The van der Waals surface area contributed by atoms with Crippen molar-refractivity contribution in [2.24, 2.45) is 0 Å². The summed E-state index contributed by atoms with van der Waals surface area (Å²) in [6.07, 6.45) is 2.25. The van der Waals surface area contributed by atoms with Crippen LogP contribution in [0.4, 0.5) is 5.69 Å². The van der Waals surface area contributed by atoms with Crippen molar-refractivity contribution in [2.75, 3.05) is 31.6 Å². The maximum absolute atomic E-state index is 12.2. The van der Waals surface area contributed by atoms with Crippen LogP contribution in [-0.2, 0) is 11.2 Å². The molecule has 1 atom stereocenters. The Morgan fingerprint density at radius 1 is 1.35 bits per heavy atom. The minimum Gasteiger partial charge on any atom is -0.380 e. The number of anilines is 1. The highest BCUT2D eigenvalue weighted by Gasteiger charge is 2.22. The standard InChI is InChI=1S/C18H22N2O2S/c1-22-16-9-11-20(13-16)15-6-4-14(5-7-15)18(21)19-10-8-17-3-2-12-23-17/h2-7,12,16H,8-11,13H2,1H3,(H,19,21)/t16-/m0/s1. The van der Waals surface area contributed by atoms with Gasteiger partial charge in [0.1, 0.15) is 0 Å². The van der Waals surface area contributed by atoms with Gasteiger partial charge < -0.3 is 15.0 Å². The molecule has 1 aliphatic rings. The van der Waals surface area contributed by atoms with E-state index in [0.717, 1.165) is 31.6 Å². The summed E-state index contributed by atoms with van der Waals surface area (Å²) in [5.74, 6) is -0.00991. The molecule has 0 unspecified atom stereocenters. The molecule has 1 aromatic heterocycles. The molecule has 0 spiro atoms. The molecule has 2 aromatic rings. The van der Waals surface area contributed by atoms with Gasteiger partial charge in [-0.05, 0) is 48.6 Å². The fourth-order valence-corrected chi connectivity index (χ4v) is 3.54. The first-order valence-corrected chi connectivity index (χ1v) is 8.82. The Bertz CT molecular complexity index is 625. The number of methoxy groups -OCH3 is 1. The summed E-state index contributed by atoms with van der Waals surface area (Å²) in [7, 11) is 1.76. The molecule has 0 aliphatic carbocycles. The van der Waals surface area contributed by atoms with Crippen LogP contribution in [0.2, 0.25) is 0 Å². The van der Waals surface area contributed by atoms with Gasteiger partial charge >= 0.3 is 0 Å². The van der Waals surface area contributed by atoms with Gasteiger partial charge in [-0.1, -0.05) is 6.07 Å². The molecule has 2 heterocycles. The predicted molar refractivity (Wildman–Crippen MR) is 94.4 cm³/mol. The molecule has 1 aromatic carbocycles. The fourth-order valence-electron chi connectivity index (χ4n) is 2.83. The van der Waals surface area contributed by atoms with Crippen molar-refractivity contribution in [2.45, 2.75) is 18.9 Å². The Hall–Kier alpha value is -1.85. The second-order valence-electron chi connectivity index (χ2n) is 5.72. The van der Waals surface area contributed by atoms with Gasteiger partial charge in [-0.25, -0.2) is 0 Å². The number of nitrogens with zero attached hydrogens (tertiary/aromatic N) is 1. The van der Waals surface area contributed by atoms with E-state index in [0.29, 0.717) is 18.2 Å². The number of rotatable bonds is 6. The lowest BCUT2D eigenvalue weighted by Gasteiger charge is -2.18. The molecule has 4 nitrogen and oxygen atoms in total. The van der Waals surface area contributed by atoms with E-state index in [1.165, 1.54) is 4.88 Å². The molecule has 3 rings (SSSR count). The van der Waals surface area contributed by atoms with Crippen molar-refractivity contribution in [3.63, 3.8) is 0 Å². The maximum Gasteiger partial charge on any atom is 0.251 e. The maximum atomic E-state index is 12.2. The third-order valence-corrected chi connectivity index (χ3v) is 5.15. The molecule has 23 heavy (non-hydrogen) atoms. The van der Waals surface area contributed by atoms with E-state index in [2.05, 4.69) is 21.7 Å². The van der Waals surface area contributed by atoms with Crippen LogP contribution in [0.15, 0.2) is 41.8 Å². The lowest BCUT2D eigenvalue weighted by molar-refractivity contribution is 0.0954. The van der Waals surface area contributed by atoms with Crippen LogP contribution in [-0.4, -0.2) is 38.8 Å². The van der Waals surface area contributed by atoms with E-state index in [1.54, 1.807) is 18.4 Å². The SMILES string of the molecule is CO[C@H]1CCN(c2ccc(C(=O)NCCc3cccs3)cc2)C1. The highest BCUT2D eigenvalue weighted by atomic mass is 32.1. The van der Waals surface area contributed by atoms with Crippen LogP contribution >= 0.6 is 11.3 Å². The third-order valence-electron chi connectivity index (χ3n) is 4.21. The first-order chi connectivity index (χ1) is 11.3. The van der Waals surface area contributed by atoms with Gasteiger partial charge in [-0.2, -0.15) is 0 Å². The molecule has 5 heteroatoms. The Balaban J connectivity index is 1.51. The number of ether oxygens (including phenoxy) is 1. The number of hydrogen-bond donors (Lipinski definition) is 1. The summed E-state index contributed by atoms with van der Waals surface area (Å²) in [4.78, 5) is 15.8. The molecular formula is C18H22N2O2S. The van der Waals surface area contributed by atoms with Gasteiger partial charge in [-0.3, -0.25) is 4.79 Å². The molecular weight excluding hydrogens is 308 g/mol. The average Bonchev–Trinajstić information content (AvgIpc) is 3.26. The Labute approximate surface area is 141 Å². The summed E-state index contributed by atoms with van der Waals surface area (Å²) < 4.78 is 5.39. The summed E-state index contributed by atoms with van der Waals surface area (Å²) in [5.41, 5.74) is 1.86. The lowest BCUT2D eigenvalue weighted by Crippen LogP contribution is -2.26. The quantitative estimate of drug-likeness (QED) is 0.885. The second kappa shape index (κ2) is 7.62. The first kappa shape index (κ1) is 16.0. The predicted octanol–water partition coefficient (Wildman–Crippen LogP) is 2.95. The second-order valence-corrected chi connectivity index (χ2v) is 6.76. The topological polar surface area (TPSA) is 41.6 Å². The number of thiophene rings is 1. The normalized spacial score (nSPS) is 17.4. The number of amides is 1. The van der Waals surface area contributed by atoms with Crippen LogP contribution < -0.4 is 10.2 Å². The van der Waals surface area contributed by atoms with Crippen LogP contribution in [0, 0.1) is 0 Å². The largest absolute Gasteiger partial charge is 0.380 e. The van der Waals surface area contributed by atoms with Crippen molar-refractivity contribution in [1.29, 1.82) is 0 Å². The molecule has 122 valence electrons. The minimum absolute atomic E-state index is 0.00991. The van der Waals surface area contributed by atoms with E-state index in [-0.39, 0.29) is 5.91 Å². The zero-order chi connectivity index (χ0) is 16.1. The van der Waals surface area contributed by atoms with E-state index in [9.17, 15) is 4.79 Å². The van der Waals surface area contributed by atoms with Gasteiger partial charge in [0.15, 0.2) is 0 Å². The summed E-state index contributed by atoms with van der Waals surface area (Å²) in [6.45, 7) is 2.59. The molecule has 0 bridgehead atoms. The first-order valence-electron chi connectivity index (χ1n) is 7.94. The molecule has 1 saturated heterocycles. The number of nitrogens with one attached hydrogen (secondary N) is 1. The monoisotopic (exact) mass is 330 g/mol. The number of hydrogen-bond acceptors (Lipinski definition) is 4. The van der Waals surface area contributed by atoms with Crippen LogP contribution in [0.5, 0.6) is 0 Å². The third kappa shape index (κ3) is 4.12. The zero-order valence-corrected chi connectivity index (χ0v) is 14.1. The van der Waals surface area contributed by atoms with Gasteiger partial charge in [0.25, 0.3) is 5.91 Å². The smallest absolute Gasteiger partial charge is 0.251 e. The molecule has 0 radical (unpaired) electrons. The highest BCUT2D eigenvalue weighted by molar-refractivity contribution is 7.09. The molecule has 1 amide bonds. The van der Waals surface area contributed by atoms with Gasteiger partial charge in [0, 0.05) is 42.9 Å². The van der Waals surface area contributed by atoms with Gasteiger partial charge in [0.2, 0.25) is 0 Å². The molecule has 1 aliphatic heterocycles. The lowest BCUT2D eigenvalue weighted by atomic mass is 10.2. The van der Waals surface area contributed by atoms with Crippen LogP contribution in [0.25, 0.3) is 0 Å². The minimum atomic E-state index is -0.00991. The number of carbonyl (C=O) groups excluding carboxylic acids is 1. The van der Waals surface area contributed by atoms with E-state index >= 15 is 0 Å². The number of carbonyl (C=O) groups is 1. The van der Waals surface area contributed by atoms with E-state index < -0.39 is 0 Å². The summed E-state index contributed by atoms with van der Waals surface area (Å²) >= 11 is 1.72. The molecule has 1 N–H and O–H groups in total. The Morgan fingerprint density at radius 2 is 2.17 bits per heavy atom. The Morgan fingerprint density at radius 3 is 2.83 bits per heavy atom. The van der Waals surface area contributed by atoms with E-state index in [4.69, 9.17) is 4.74 Å². The molecule has 0 saturated carbocycles. The van der Waals surface area contributed by atoms with Crippen molar-refractivity contribution < 1.29 is 9.53 Å². The average molecular weight is 330 g/mol. The summed E-state index contributed by atoms with van der Waals surface area (Å²) in [6, 6.07) is 12.0. The van der Waals surface area contributed by atoms with E-state index in [1.807, 2.05) is 30.3 Å².